The summed E-state index contributed by atoms with van der Waals surface area (Å²) in [7, 11) is 0. The minimum absolute atomic E-state index is 0.283. The summed E-state index contributed by atoms with van der Waals surface area (Å²) in [5.41, 5.74) is 2.24. The van der Waals surface area contributed by atoms with Crippen LogP contribution in [0.3, 0.4) is 0 Å². The molecule has 1 atom stereocenters. The number of hydrogen-bond donors (Lipinski definition) is 1. The number of rotatable bonds is 7. The van der Waals surface area contributed by atoms with E-state index in [1.54, 1.807) is 0 Å². The number of pyridine rings is 1. The van der Waals surface area contributed by atoms with Gasteiger partial charge < -0.3 is 14.8 Å². The lowest BCUT2D eigenvalue weighted by Gasteiger charge is -2.12. The Bertz CT molecular complexity index is 351. The van der Waals surface area contributed by atoms with Gasteiger partial charge in [-0.25, -0.2) is 0 Å². The van der Waals surface area contributed by atoms with Crippen molar-refractivity contribution in [3.8, 4) is 0 Å². The monoisotopic (exact) mass is 250 g/mol. The number of nitrogens with one attached hydrogen (secondary N) is 1. The lowest BCUT2D eigenvalue weighted by atomic mass is 10.2. The molecule has 1 fully saturated rings. The van der Waals surface area contributed by atoms with Crippen molar-refractivity contribution < 1.29 is 9.47 Å². The summed E-state index contributed by atoms with van der Waals surface area (Å²) in [6.45, 7) is 6.04. The molecule has 1 N–H and O–H groups in total. The van der Waals surface area contributed by atoms with Crippen LogP contribution >= 0.6 is 0 Å². The number of nitrogens with zero attached hydrogens (tertiary/aromatic N) is 1. The highest BCUT2D eigenvalue weighted by Gasteiger charge is 2.15. The summed E-state index contributed by atoms with van der Waals surface area (Å²) in [6, 6.07) is 4.07. The van der Waals surface area contributed by atoms with E-state index in [4.69, 9.17) is 9.47 Å². The third-order valence-corrected chi connectivity index (χ3v) is 3.12. The van der Waals surface area contributed by atoms with Gasteiger partial charge in [0.25, 0.3) is 0 Å². The molecule has 0 spiro atoms. The van der Waals surface area contributed by atoms with Crippen molar-refractivity contribution in [3.63, 3.8) is 0 Å². The first-order chi connectivity index (χ1) is 8.90. The fraction of sp³-hybridized carbons (Fsp3) is 0.643. The molecule has 1 aromatic heterocycles. The fourth-order valence-electron chi connectivity index (χ4n) is 2.08. The van der Waals surface area contributed by atoms with E-state index in [0.717, 1.165) is 38.2 Å². The molecule has 0 bridgehead atoms. The molecule has 2 rings (SSSR count). The highest BCUT2D eigenvalue weighted by Crippen LogP contribution is 2.13. The molecule has 1 aliphatic heterocycles. The second-order valence-electron chi connectivity index (χ2n) is 4.54. The van der Waals surface area contributed by atoms with Gasteiger partial charge >= 0.3 is 0 Å². The molecule has 4 nitrogen and oxygen atoms in total. The van der Waals surface area contributed by atoms with Crippen LogP contribution in [0.5, 0.6) is 0 Å². The van der Waals surface area contributed by atoms with Crippen molar-refractivity contribution in [2.24, 2.45) is 0 Å². The first kappa shape index (κ1) is 13.5. The summed E-state index contributed by atoms with van der Waals surface area (Å²) >= 11 is 0. The van der Waals surface area contributed by atoms with E-state index >= 15 is 0 Å². The Morgan fingerprint density at radius 2 is 2.50 bits per heavy atom. The first-order valence-electron chi connectivity index (χ1n) is 6.73. The van der Waals surface area contributed by atoms with Crippen LogP contribution in [0, 0.1) is 0 Å². The molecular weight excluding hydrogens is 228 g/mol. The summed E-state index contributed by atoms with van der Waals surface area (Å²) in [5.74, 6) is 0. The summed E-state index contributed by atoms with van der Waals surface area (Å²) in [4.78, 5) is 4.39. The van der Waals surface area contributed by atoms with Gasteiger partial charge in [-0.05, 0) is 31.0 Å². The average molecular weight is 250 g/mol. The molecule has 1 unspecified atom stereocenters. The van der Waals surface area contributed by atoms with Gasteiger partial charge in [-0.2, -0.15) is 0 Å². The zero-order valence-corrected chi connectivity index (χ0v) is 11.0. The Morgan fingerprint density at radius 1 is 1.56 bits per heavy atom. The van der Waals surface area contributed by atoms with Gasteiger partial charge in [-0.1, -0.05) is 13.0 Å². The van der Waals surface area contributed by atoms with Gasteiger partial charge in [0.05, 0.1) is 25.0 Å². The minimum Gasteiger partial charge on any atom is -0.376 e. The molecule has 0 saturated carbocycles. The lowest BCUT2D eigenvalue weighted by Crippen LogP contribution is -2.17. The van der Waals surface area contributed by atoms with E-state index in [9.17, 15) is 0 Å². The molecule has 1 saturated heterocycles. The highest BCUT2D eigenvalue weighted by molar-refractivity contribution is 5.18. The van der Waals surface area contributed by atoms with Crippen LogP contribution in [0.4, 0.5) is 0 Å². The Labute approximate surface area is 109 Å². The van der Waals surface area contributed by atoms with E-state index < -0.39 is 0 Å². The molecular formula is C14H22N2O2. The zero-order chi connectivity index (χ0) is 12.6. The standard InChI is InChI=1S/C14H22N2O2/c1-2-15-9-12-5-3-7-16-14(12)11-17-10-13-6-4-8-18-13/h3,5,7,13,15H,2,4,6,8-11H2,1H3. The van der Waals surface area contributed by atoms with Crippen molar-refractivity contribution in [1.29, 1.82) is 0 Å². The Morgan fingerprint density at radius 3 is 3.28 bits per heavy atom. The summed E-state index contributed by atoms with van der Waals surface area (Å²) in [5, 5.41) is 3.32. The summed E-state index contributed by atoms with van der Waals surface area (Å²) in [6.07, 6.45) is 4.38. The van der Waals surface area contributed by atoms with Gasteiger partial charge in [0.2, 0.25) is 0 Å². The lowest BCUT2D eigenvalue weighted by molar-refractivity contribution is 0.00942. The topological polar surface area (TPSA) is 43.4 Å². The Balaban J connectivity index is 1.79. The molecule has 4 heteroatoms. The maximum atomic E-state index is 5.71. The zero-order valence-electron chi connectivity index (χ0n) is 11.0. The van der Waals surface area contributed by atoms with Gasteiger partial charge in [-0.3, -0.25) is 4.98 Å². The first-order valence-corrected chi connectivity index (χ1v) is 6.73. The average Bonchev–Trinajstić information content (AvgIpc) is 2.91. The SMILES string of the molecule is CCNCc1cccnc1COCC1CCCO1. The normalized spacial score (nSPS) is 19.3. The smallest absolute Gasteiger partial charge is 0.0892 e. The van der Waals surface area contributed by atoms with Gasteiger partial charge in [0, 0.05) is 19.3 Å². The van der Waals surface area contributed by atoms with Gasteiger partial charge in [-0.15, -0.1) is 0 Å². The molecule has 18 heavy (non-hydrogen) atoms. The Kier molecular flexibility index (Phi) is 5.58. The molecule has 1 aromatic rings. The molecule has 0 amide bonds. The van der Waals surface area contributed by atoms with Crippen molar-refractivity contribution >= 4 is 0 Å². The van der Waals surface area contributed by atoms with E-state index in [1.807, 2.05) is 12.3 Å². The van der Waals surface area contributed by atoms with Crippen molar-refractivity contribution in [2.45, 2.75) is 39.0 Å². The maximum Gasteiger partial charge on any atom is 0.0892 e. The number of hydrogen-bond acceptors (Lipinski definition) is 4. The third-order valence-electron chi connectivity index (χ3n) is 3.12. The van der Waals surface area contributed by atoms with E-state index in [2.05, 4.69) is 23.3 Å². The highest BCUT2D eigenvalue weighted by atomic mass is 16.5. The van der Waals surface area contributed by atoms with Crippen LogP contribution in [0.25, 0.3) is 0 Å². The summed E-state index contributed by atoms with van der Waals surface area (Å²) < 4.78 is 11.2. The Hall–Kier alpha value is -0.970. The van der Waals surface area contributed by atoms with Crippen molar-refractivity contribution in [2.75, 3.05) is 19.8 Å². The molecule has 100 valence electrons. The van der Waals surface area contributed by atoms with Crippen LogP contribution in [-0.4, -0.2) is 30.8 Å². The minimum atomic E-state index is 0.283. The fourth-order valence-corrected chi connectivity index (χ4v) is 2.08. The second kappa shape index (κ2) is 7.46. The van der Waals surface area contributed by atoms with Crippen LogP contribution in [0.1, 0.15) is 31.0 Å². The largest absolute Gasteiger partial charge is 0.376 e. The predicted molar refractivity (Wildman–Crippen MR) is 70.2 cm³/mol. The van der Waals surface area contributed by atoms with Crippen LogP contribution in [0.2, 0.25) is 0 Å². The molecule has 0 aromatic carbocycles. The third kappa shape index (κ3) is 4.05. The quantitative estimate of drug-likeness (QED) is 0.802. The predicted octanol–water partition coefficient (Wildman–Crippen LogP) is 1.89. The molecule has 2 heterocycles. The van der Waals surface area contributed by atoms with E-state index in [-0.39, 0.29) is 6.10 Å². The molecule has 0 aliphatic carbocycles. The van der Waals surface area contributed by atoms with Crippen LogP contribution < -0.4 is 5.32 Å². The second-order valence-corrected chi connectivity index (χ2v) is 4.54. The van der Waals surface area contributed by atoms with E-state index in [0.29, 0.717) is 13.2 Å². The van der Waals surface area contributed by atoms with Crippen molar-refractivity contribution in [1.82, 2.24) is 10.3 Å². The van der Waals surface area contributed by atoms with E-state index in [1.165, 1.54) is 5.56 Å². The van der Waals surface area contributed by atoms with Gasteiger partial charge in [0.15, 0.2) is 0 Å². The molecule has 1 aliphatic rings. The number of ether oxygens (including phenoxy) is 2. The van der Waals surface area contributed by atoms with Crippen molar-refractivity contribution in [3.05, 3.63) is 29.6 Å². The maximum absolute atomic E-state index is 5.71. The number of aromatic nitrogens is 1. The van der Waals surface area contributed by atoms with Crippen LogP contribution in [-0.2, 0) is 22.6 Å². The van der Waals surface area contributed by atoms with Crippen LogP contribution in [0.15, 0.2) is 18.3 Å². The molecule has 0 radical (unpaired) electrons. The van der Waals surface area contributed by atoms with Gasteiger partial charge in [0.1, 0.15) is 0 Å².